The summed E-state index contributed by atoms with van der Waals surface area (Å²) in [6.45, 7) is 0. The van der Waals surface area contributed by atoms with Crippen LogP contribution < -0.4 is 0 Å². The molecular formula is C17H13ClF3NO4S. The molecule has 0 spiro atoms. The van der Waals surface area contributed by atoms with Crippen molar-refractivity contribution >= 4 is 33.1 Å². The molecule has 1 N–H and O–H groups in total. The average molecular weight is 420 g/mol. The number of alkyl halides is 3. The molecule has 1 aromatic carbocycles. The normalized spacial score (nSPS) is 15.3. The van der Waals surface area contributed by atoms with Gasteiger partial charge in [0.15, 0.2) is 5.76 Å². The molecule has 1 heterocycles. The van der Waals surface area contributed by atoms with Gasteiger partial charge in [0.2, 0.25) is 0 Å². The summed E-state index contributed by atoms with van der Waals surface area (Å²) in [5.74, 6) is -0.537. The van der Waals surface area contributed by atoms with Gasteiger partial charge in [-0.15, -0.1) is 0 Å². The van der Waals surface area contributed by atoms with Crippen LogP contribution in [-0.2, 0) is 20.7 Å². The van der Waals surface area contributed by atoms with Crippen molar-refractivity contribution in [2.24, 2.45) is 0 Å². The first-order valence-electron chi connectivity index (χ1n) is 7.76. The highest BCUT2D eigenvalue weighted by atomic mass is 35.5. The summed E-state index contributed by atoms with van der Waals surface area (Å²) in [5.41, 5.74) is -4.40. The molecule has 1 aliphatic rings. The Balaban J connectivity index is 2.28. The van der Waals surface area contributed by atoms with E-state index in [9.17, 15) is 26.7 Å². The molecule has 27 heavy (non-hydrogen) atoms. The maximum Gasteiger partial charge on any atom is 0.534 e. The monoisotopic (exact) mass is 419 g/mol. The van der Waals surface area contributed by atoms with Gasteiger partial charge >= 0.3 is 15.6 Å². The number of pyridine rings is 1. The topological polar surface area (TPSA) is 76.5 Å². The summed E-state index contributed by atoms with van der Waals surface area (Å²) < 4.78 is 66.7. The highest BCUT2D eigenvalue weighted by molar-refractivity contribution is 7.87. The maximum absolute atomic E-state index is 12.9. The van der Waals surface area contributed by atoms with Crippen molar-refractivity contribution in [2.45, 2.75) is 24.8 Å². The van der Waals surface area contributed by atoms with Gasteiger partial charge in [-0.25, -0.2) is 0 Å². The third kappa shape index (κ3) is 3.89. The quantitative estimate of drug-likeness (QED) is 0.585. The van der Waals surface area contributed by atoms with Crippen LogP contribution in [0.3, 0.4) is 0 Å². The lowest BCUT2D eigenvalue weighted by Crippen LogP contribution is -2.25. The molecule has 0 atom stereocenters. The van der Waals surface area contributed by atoms with Crippen molar-refractivity contribution in [2.75, 3.05) is 0 Å². The fourth-order valence-corrected chi connectivity index (χ4v) is 3.61. The molecule has 0 amide bonds. The Morgan fingerprint density at radius 2 is 1.89 bits per heavy atom. The minimum Gasteiger partial charge on any atom is -0.508 e. The van der Waals surface area contributed by atoms with Gasteiger partial charge in [-0.1, -0.05) is 11.6 Å². The number of phenolic OH excluding ortho intramolecular Hbond substituents is 1. The number of aromatic hydroxyl groups is 1. The lowest BCUT2D eigenvalue weighted by Gasteiger charge is -2.18. The van der Waals surface area contributed by atoms with Gasteiger partial charge in [0, 0.05) is 29.1 Å². The largest absolute Gasteiger partial charge is 0.534 e. The van der Waals surface area contributed by atoms with Crippen molar-refractivity contribution in [3.05, 3.63) is 58.4 Å². The van der Waals surface area contributed by atoms with Gasteiger partial charge in [-0.05, 0) is 49.1 Å². The number of aryl methyl sites for hydroxylation is 1. The standard InChI is InChI=1S/C17H13ClF3NO4S/c18-15-9-22-7-6-13(15)14-3-1-2-10-8-11(23)4-5-12(10)16(14)26-27(24,25)17(19,20)21/h4-9,23H,1-3H2. The van der Waals surface area contributed by atoms with E-state index in [0.717, 1.165) is 0 Å². The number of halogens is 4. The van der Waals surface area contributed by atoms with Gasteiger partial charge in [0.1, 0.15) is 5.75 Å². The molecular weight excluding hydrogens is 407 g/mol. The number of hydrogen-bond donors (Lipinski definition) is 1. The Bertz CT molecular complexity index is 1020. The number of aromatic nitrogens is 1. The zero-order chi connectivity index (χ0) is 19.8. The van der Waals surface area contributed by atoms with Crippen molar-refractivity contribution in [3.8, 4) is 5.75 Å². The second kappa shape index (κ2) is 7.05. The van der Waals surface area contributed by atoms with Crippen LogP contribution in [0.1, 0.15) is 29.5 Å². The molecule has 0 bridgehead atoms. The summed E-state index contributed by atoms with van der Waals surface area (Å²) in [7, 11) is -5.90. The Morgan fingerprint density at radius 1 is 1.15 bits per heavy atom. The average Bonchev–Trinajstić information content (AvgIpc) is 2.73. The van der Waals surface area contributed by atoms with Crippen LogP contribution in [0.5, 0.6) is 5.75 Å². The number of hydrogen-bond acceptors (Lipinski definition) is 5. The van der Waals surface area contributed by atoms with Crippen LogP contribution >= 0.6 is 11.6 Å². The van der Waals surface area contributed by atoms with E-state index in [-0.39, 0.29) is 28.3 Å². The number of phenols is 1. The third-order valence-electron chi connectivity index (χ3n) is 4.05. The molecule has 144 valence electrons. The van der Waals surface area contributed by atoms with Crippen LogP contribution in [0, 0.1) is 0 Å². The summed E-state index contributed by atoms with van der Waals surface area (Å²) in [4.78, 5) is 3.83. The number of fused-ring (bicyclic) bond motifs is 1. The number of rotatable bonds is 3. The summed E-state index contributed by atoms with van der Waals surface area (Å²) in [6, 6.07) is 5.43. The molecule has 3 rings (SSSR count). The Labute approximate surface area is 158 Å². The van der Waals surface area contributed by atoms with Crippen LogP contribution in [0.15, 0.2) is 36.7 Å². The molecule has 2 aromatic rings. The van der Waals surface area contributed by atoms with Crippen molar-refractivity contribution in [1.82, 2.24) is 4.98 Å². The van der Waals surface area contributed by atoms with Crippen LogP contribution in [0.4, 0.5) is 13.2 Å². The lowest BCUT2D eigenvalue weighted by molar-refractivity contribution is -0.0509. The molecule has 0 aliphatic heterocycles. The van der Waals surface area contributed by atoms with Crippen LogP contribution in [0.2, 0.25) is 5.02 Å². The first-order valence-corrected chi connectivity index (χ1v) is 9.55. The maximum atomic E-state index is 12.9. The first kappa shape index (κ1) is 19.5. The minimum atomic E-state index is -5.90. The van der Waals surface area contributed by atoms with Gasteiger partial charge in [0.25, 0.3) is 0 Å². The fourth-order valence-electron chi connectivity index (χ4n) is 2.87. The lowest BCUT2D eigenvalue weighted by atomic mass is 9.99. The molecule has 0 unspecified atom stereocenters. The molecule has 0 saturated heterocycles. The smallest absolute Gasteiger partial charge is 0.508 e. The predicted molar refractivity (Wildman–Crippen MR) is 93.2 cm³/mol. The predicted octanol–water partition coefficient (Wildman–Crippen LogP) is 4.51. The highest BCUT2D eigenvalue weighted by Gasteiger charge is 2.49. The van der Waals surface area contributed by atoms with Crippen molar-refractivity contribution < 1.29 is 30.9 Å². The summed E-state index contributed by atoms with van der Waals surface area (Å²) in [5, 5.41) is 9.82. The Kier molecular flexibility index (Phi) is 5.09. The molecule has 10 heteroatoms. The zero-order valence-electron chi connectivity index (χ0n) is 13.6. The minimum absolute atomic E-state index is 0.0860. The third-order valence-corrected chi connectivity index (χ3v) is 5.31. The van der Waals surface area contributed by atoms with E-state index in [2.05, 4.69) is 9.17 Å². The van der Waals surface area contributed by atoms with E-state index < -0.39 is 21.4 Å². The number of nitrogens with zero attached hydrogens (tertiary/aromatic N) is 1. The van der Waals surface area contributed by atoms with Crippen molar-refractivity contribution in [1.29, 1.82) is 0 Å². The Hall–Kier alpha value is -2.26. The first-order chi connectivity index (χ1) is 12.6. The summed E-state index contributed by atoms with van der Waals surface area (Å²) in [6.07, 6.45) is 3.83. The molecule has 1 aliphatic carbocycles. The van der Waals surface area contributed by atoms with Gasteiger partial charge in [-0.3, -0.25) is 4.98 Å². The SMILES string of the molecule is O=S(=O)(OC1=C(c2ccncc2Cl)CCCc2cc(O)ccc21)C(F)(F)F. The molecule has 5 nitrogen and oxygen atoms in total. The van der Waals surface area contributed by atoms with E-state index in [1.54, 1.807) is 0 Å². The molecule has 0 radical (unpaired) electrons. The van der Waals surface area contributed by atoms with E-state index in [1.165, 1.54) is 36.7 Å². The number of benzene rings is 1. The Morgan fingerprint density at radius 3 is 2.56 bits per heavy atom. The second-order valence-electron chi connectivity index (χ2n) is 5.84. The van der Waals surface area contributed by atoms with E-state index in [0.29, 0.717) is 24.0 Å². The van der Waals surface area contributed by atoms with Crippen LogP contribution in [0.25, 0.3) is 11.3 Å². The second-order valence-corrected chi connectivity index (χ2v) is 7.79. The fraction of sp³-hybridized carbons (Fsp3) is 0.235. The molecule has 0 saturated carbocycles. The highest BCUT2D eigenvalue weighted by Crippen LogP contribution is 2.41. The van der Waals surface area contributed by atoms with Gasteiger partial charge < -0.3 is 9.29 Å². The van der Waals surface area contributed by atoms with E-state index in [1.807, 2.05) is 0 Å². The zero-order valence-corrected chi connectivity index (χ0v) is 15.2. The van der Waals surface area contributed by atoms with Crippen LogP contribution in [-0.4, -0.2) is 24.0 Å². The molecule has 0 fully saturated rings. The van der Waals surface area contributed by atoms with E-state index in [4.69, 9.17) is 11.6 Å². The van der Waals surface area contributed by atoms with Crippen molar-refractivity contribution in [3.63, 3.8) is 0 Å². The number of allylic oxidation sites excluding steroid dienone is 1. The van der Waals surface area contributed by atoms with Gasteiger partial charge in [0.05, 0.1) is 5.02 Å². The van der Waals surface area contributed by atoms with E-state index >= 15 is 0 Å². The summed E-state index contributed by atoms with van der Waals surface area (Å²) >= 11 is 6.13. The van der Waals surface area contributed by atoms with Gasteiger partial charge in [-0.2, -0.15) is 21.6 Å². The molecule has 1 aromatic heterocycles.